The molecule has 1 atom stereocenters. The predicted molar refractivity (Wildman–Crippen MR) is 96.9 cm³/mol. The fraction of sp³-hybridized carbons (Fsp3) is 0.450. The number of para-hydroxylation sites is 1. The van der Waals surface area contributed by atoms with Gasteiger partial charge in [0, 0.05) is 36.6 Å². The fourth-order valence-electron chi connectivity index (χ4n) is 3.29. The normalized spacial score (nSPS) is 18.5. The average Bonchev–Trinajstić information content (AvgIpc) is 2.62. The highest BCUT2D eigenvalue weighted by Crippen LogP contribution is 2.20. The number of nitrogens with zero attached hydrogens (tertiary/aromatic N) is 2. The molecule has 1 aliphatic rings. The van der Waals surface area contributed by atoms with Crippen molar-refractivity contribution in [1.82, 2.24) is 15.2 Å². The quantitative estimate of drug-likeness (QED) is 0.849. The van der Waals surface area contributed by atoms with Crippen LogP contribution >= 0.6 is 0 Å². The molecule has 1 aromatic carbocycles. The minimum absolute atomic E-state index is 0.554. The van der Waals surface area contributed by atoms with Crippen LogP contribution < -0.4 is 10.1 Å². The first-order valence-corrected chi connectivity index (χ1v) is 8.80. The van der Waals surface area contributed by atoms with Gasteiger partial charge in [-0.3, -0.25) is 4.98 Å². The number of likely N-dealkylation sites (tertiary alicyclic amines) is 1. The van der Waals surface area contributed by atoms with Gasteiger partial charge in [-0.05, 0) is 51.0 Å². The molecule has 1 aromatic heterocycles. The third-order valence-corrected chi connectivity index (χ3v) is 4.56. The van der Waals surface area contributed by atoms with E-state index in [2.05, 4.69) is 34.4 Å². The number of hydrogen-bond donors (Lipinski definition) is 1. The lowest BCUT2D eigenvalue weighted by Crippen LogP contribution is -2.37. The Balaban J connectivity index is 1.50. The smallest absolute Gasteiger partial charge is 0.124 e. The predicted octanol–water partition coefficient (Wildman–Crippen LogP) is 3.09. The minimum Gasteiger partial charge on any atom is -0.489 e. The zero-order chi connectivity index (χ0) is 16.6. The van der Waals surface area contributed by atoms with Crippen molar-refractivity contribution in [2.75, 3.05) is 26.7 Å². The second-order valence-corrected chi connectivity index (χ2v) is 6.66. The summed E-state index contributed by atoms with van der Waals surface area (Å²) in [6, 6.07) is 12.3. The van der Waals surface area contributed by atoms with Crippen LogP contribution in [0.4, 0.5) is 0 Å². The van der Waals surface area contributed by atoms with Crippen LogP contribution in [0, 0.1) is 5.92 Å². The van der Waals surface area contributed by atoms with Gasteiger partial charge in [-0.1, -0.05) is 24.3 Å². The maximum absolute atomic E-state index is 5.99. The molecule has 2 aromatic rings. The Hall–Kier alpha value is -1.91. The maximum atomic E-state index is 5.99. The number of ether oxygens (including phenoxy) is 1. The van der Waals surface area contributed by atoms with E-state index in [4.69, 9.17) is 4.74 Å². The van der Waals surface area contributed by atoms with Crippen molar-refractivity contribution in [3.05, 3.63) is 59.9 Å². The van der Waals surface area contributed by atoms with E-state index in [-0.39, 0.29) is 0 Å². The number of hydrogen-bond acceptors (Lipinski definition) is 4. The average molecular weight is 325 g/mol. The van der Waals surface area contributed by atoms with Crippen LogP contribution in [0.25, 0.3) is 0 Å². The topological polar surface area (TPSA) is 37.4 Å². The summed E-state index contributed by atoms with van der Waals surface area (Å²) >= 11 is 0. The second-order valence-electron chi connectivity index (χ2n) is 6.66. The summed E-state index contributed by atoms with van der Waals surface area (Å²) in [5, 5.41) is 3.61. The second kappa shape index (κ2) is 8.81. The van der Waals surface area contributed by atoms with E-state index in [1.807, 2.05) is 30.5 Å². The van der Waals surface area contributed by atoms with Crippen LogP contribution in [-0.4, -0.2) is 36.6 Å². The van der Waals surface area contributed by atoms with Gasteiger partial charge in [0.05, 0.1) is 0 Å². The van der Waals surface area contributed by atoms with Gasteiger partial charge in [-0.15, -0.1) is 0 Å². The zero-order valence-corrected chi connectivity index (χ0v) is 14.4. The molecule has 0 aliphatic carbocycles. The highest BCUT2D eigenvalue weighted by atomic mass is 16.5. The molecule has 0 saturated carbocycles. The molecule has 3 rings (SSSR count). The molecule has 0 bridgehead atoms. The highest BCUT2D eigenvalue weighted by molar-refractivity contribution is 5.33. The summed E-state index contributed by atoms with van der Waals surface area (Å²) in [7, 11) is 2.22. The van der Waals surface area contributed by atoms with Crippen molar-refractivity contribution < 1.29 is 4.74 Å². The third kappa shape index (κ3) is 5.05. The summed E-state index contributed by atoms with van der Waals surface area (Å²) < 4.78 is 5.99. The van der Waals surface area contributed by atoms with Crippen LogP contribution in [-0.2, 0) is 13.2 Å². The van der Waals surface area contributed by atoms with E-state index in [0.29, 0.717) is 6.61 Å². The van der Waals surface area contributed by atoms with Gasteiger partial charge in [0.1, 0.15) is 12.4 Å². The van der Waals surface area contributed by atoms with Gasteiger partial charge in [0.15, 0.2) is 0 Å². The number of piperidine rings is 1. The summed E-state index contributed by atoms with van der Waals surface area (Å²) in [5.74, 6) is 1.71. The third-order valence-electron chi connectivity index (χ3n) is 4.56. The van der Waals surface area contributed by atoms with Crippen LogP contribution in [0.1, 0.15) is 24.0 Å². The zero-order valence-electron chi connectivity index (χ0n) is 14.4. The van der Waals surface area contributed by atoms with E-state index < -0.39 is 0 Å². The van der Waals surface area contributed by atoms with Crippen LogP contribution in [0.5, 0.6) is 5.75 Å². The van der Waals surface area contributed by atoms with E-state index in [1.54, 1.807) is 6.20 Å². The molecule has 1 unspecified atom stereocenters. The summed E-state index contributed by atoms with van der Waals surface area (Å²) in [4.78, 5) is 6.56. The Bertz CT molecular complexity index is 617. The number of rotatable bonds is 7. The van der Waals surface area contributed by atoms with Crippen molar-refractivity contribution in [2.24, 2.45) is 5.92 Å². The Morgan fingerprint density at radius 3 is 3.00 bits per heavy atom. The van der Waals surface area contributed by atoms with Crippen molar-refractivity contribution in [3.8, 4) is 5.75 Å². The monoisotopic (exact) mass is 325 g/mol. The minimum atomic E-state index is 0.554. The summed E-state index contributed by atoms with van der Waals surface area (Å²) in [6.45, 7) is 4.91. The van der Waals surface area contributed by atoms with E-state index in [9.17, 15) is 0 Å². The first-order chi connectivity index (χ1) is 11.8. The molecular formula is C20H27N3O. The molecule has 1 aliphatic heterocycles. The van der Waals surface area contributed by atoms with Crippen LogP contribution in [0.2, 0.25) is 0 Å². The first-order valence-electron chi connectivity index (χ1n) is 8.80. The molecule has 2 heterocycles. The van der Waals surface area contributed by atoms with Crippen LogP contribution in [0.3, 0.4) is 0 Å². The van der Waals surface area contributed by atoms with E-state index in [1.165, 1.54) is 31.5 Å². The van der Waals surface area contributed by atoms with Gasteiger partial charge < -0.3 is 15.0 Å². The largest absolute Gasteiger partial charge is 0.489 e. The molecule has 0 spiro atoms. The van der Waals surface area contributed by atoms with Crippen molar-refractivity contribution in [1.29, 1.82) is 0 Å². The molecule has 4 heteroatoms. The summed E-state index contributed by atoms with van der Waals surface area (Å²) in [6.07, 6.45) is 6.27. The Morgan fingerprint density at radius 1 is 1.25 bits per heavy atom. The van der Waals surface area contributed by atoms with E-state index >= 15 is 0 Å². The number of nitrogens with one attached hydrogen (secondary N) is 1. The standard InChI is InChI=1S/C20H27N3O/c1-23-11-5-7-17(15-23)12-22-14-19-8-2-3-9-20(19)24-16-18-6-4-10-21-13-18/h2-4,6,8-10,13,17,22H,5,7,11-12,14-16H2,1H3. The number of pyridine rings is 1. The molecule has 1 N–H and O–H groups in total. The van der Waals surface area contributed by atoms with Gasteiger partial charge in [0.25, 0.3) is 0 Å². The number of aromatic nitrogens is 1. The lowest BCUT2D eigenvalue weighted by atomic mass is 9.98. The lowest BCUT2D eigenvalue weighted by Gasteiger charge is -2.29. The van der Waals surface area contributed by atoms with Gasteiger partial charge in [-0.2, -0.15) is 0 Å². The molecule has 128 valence electrons. The SMILES string of the molecule is CN1CCCC(CNCc2ccccc2OCc2cccnc2)C1. The highest BCUT2D eigenvalue weighted by Gasteiger charge is 2.16. The van der Waals surface area contributed by atoms with Gasteiger partial charge >= 0.3 is 0 Å². The van der Waals surface area contributed by atoms with Crippen LogP contribution in [0.15, 0.2) is 48.8 Å². The molecule has 1 saturated heterocycles. The lowest BCUT2D eigenvalue weighted by molar-refractivity contribution is 0.206. The first kappa shape index (κ1) is 16.9. The van der Waals surface area contributed by atoms with Crippen molar-refractivity contribution in [3.63, 3.8) is 0 Å². The number of benzene rings is 1. The Morgan fingerprint density at radius 2 is 2.17 bits per heavy atom. The van der Waals surface area contributed by atoms with Crippen molar-refractivity contribution in [2.45, 2.75) is 26.0 Å². The van der Waals surface area contributed by atoms with E-state index in [0.717, 1.165) is 30.3 Å². The Kier molecular flexibility index (Phi) is 6.21. The summed E-state index contributed by atoms with van der Waals surface area (Å²) in [5.41, 5.74) is 2.30. The van der Waals surface area contributed by atoms with Gasteiger partial charge in [0.2, 0.25) is 0 Å². The molecular weight excluding hydrogens is 298 g/mol. The fourth-order valence-corrected chi connectivity index (χ4v) is 3.29. The van der Waals surface area contributed by atoms with Gasteiger partial charge in [-0.25, -0.2) is 0 Å². The molecule has 1 fully saturated rings. The van der Waals surface area contributed by atoms with Crippen molar-refractivity contribution >= 4 is 0 Å². The molecule has 4 nitrogen and oxygen atoms in total. The Labute approximate surface area is 144 Å². The molecule has 0 amide bonds. The molecule has 0 radical (unpaired) electrons. The molecule has 24 heavy (non-hydrogen) atoms. The maximum Gasteiger partial charge on any atom is 0.124 e.